The Morgan fingerprint density at radius 2 is 1.83 bits per heavy atom. The first-order valence-corrected chi connectivity index (χ1v) is 6.73. The fraction of sp³-hybridized carbons (Fsp3) is 0.400. The number of carbonyl (C=O) groups is 1. The molecule has 18 heavy (non-hydrogen) atoms. The minimum atomic E-state index is 0.0262. The summed E-state index contributed by atoms with van der Waals surface area (Å²) in [5.41, 5.74) is 0.962. The molecule has 1 aliphatic rings. The maximum absolute atomic E-state index is 11.5. The van der Waals surface area contributed by atoms with Gasteiger partial charge in [0, 0.05) is 16.0 Å². The minimum Gasteiger partial charge on any atom is -0.300 e. The second kappa shape index (κ2) is 4.71. The molecule has 0 amide bonds. The summed E-state index contributed by atoms with van der Waals surface area (Å²) in [6.07, 6.45) is 2.00. The highest BCUT2D eigenvalue weighted by Gasteiger charge is 2.58. The number of hydrogen-bond donors (Lipinski definition) is 0. The Morgan fingerprint density at radius 1 is 1.28 bits per heavy atom. The summed E-state index contributed by atoms with van der Waals surface area (Å²) in [6, 6.07) is 7.40. The number of Topliss-reactive ketones (excluding diaryl/α,β-unsaturated/α-hetero) is 1. The Hall–Kier alpha value is -0.790. The van der Waals surface area contributed by atoms with Crippen molar-refractivity contribution in [1.82, 2.24) is 0 Å². The number of hydrogen-bond acceptors (Lipinski definition) is 1. The van der Waals surface area contributed by atoms with Gasteiger partial charge in [-0.15, -0.1) is 0 Å². The lowest BCUT2D eigenvalue weighted by Gasteiger charge is -2.01. The van der Waals surface area contributed by atoms with E-state index in [1.165, 1.54) is 0 Å². The molecule has 1 fully saturated rings. The summed E-state index contributed by atoms with van der Waals surface area (Å²) in [5.74, 6) is 0.568. The predicted octanol–water partition coefficient (Wildman–Crippen LogP) is 4.78. The molecule has 0 spiro atoms. The molecule has 96 valence electrons. The Balaban J connectivity index is 2.20. The van der Waals surface area contributed by atoms with Crippen molar-refractivity contribution in [3.8, 4) is 0 Å². The highest BCUT2D eigenvalue weighted by Crippen LogP contribution is 2.60. The zero-order valence-corrected chi connectivity index (χ0v) is 12.2. The highest BCUT2D eigenvalue weighted by molar-refractivity contribution is 6.48. The summed E-state index contributed by atoms with van der Waals surface area (Å²) in [7, 11) is 0. The third kappa shape index (κ3) is 2.48. The third-order valence-corrected chi connectivity index (χ3v) is 4.39. The van der Waals surface area contributed by atoms with Crippen LogP contribution in [-0.4, -0.2) is 5.78 Å². The summed E-state index contributed by atoms with van der Waals surface area (Å²) < 4.78 is 0. The first-order chi connectivity index (χ1) is 8.34. The standard InChI is InChI=1S/C15H16Cl2O/c1-9(18)14-12(15(14,2)3)8-13(17)10-4-6-11(16)7-5-10/h4-8,12,14H,1-3H3. The molecule has 2 unspecified atom stereocenters. The molecule has 1 aromatic rings. The van der Waals surface area contributed by atoms with Crippen LogP contribution in [0.15, 0.2) is 30.3 Å². The van der Waals surface area contributed by atoms with Crippen LogP contribution in [0.25, 0.3) is 5.03 Å². The summed E-state index contributed by atoms with van der Waals surface area (Å²) >= 11 is 12.1. The van der Waals surface area contributed by atoms with Crippen LogP contribution in [0.1, 0.15) is 26.3 Å². The molecule has 0 radical (unpaired) electrons. The molecule has 1 nitrogen and oxygen atoms in total. The lowest BCUT2D eigenvalue weighted by Crippen LogP contribution is -1.99. The number of benzene rings is 1. The van der Waals surface area contributed by atoms with Crippen LogP contribution in [0.5, 0.6) is 0 Å². The smallest absolute Gasteiger partial charge is 0.134 e. The number of ketones is 1. The molecule has 2 rings (SSSR count). The number of halogens is 2. The molecule has 1 aromatic carbocycles. The van der Waals surface area contributed by atoms with E-state index in [1.54, 1.807) is 6.92 Å². The molecular formula is C15H16Cl2O. The lowest BCUT2D eigenvalue weighted by atomic mass is 10.1. The molecule has 1 aliphatic carbocycles. The zero-order valence-electron chi connectivity index (χ0n) is 10.7. The van der Waals surface area contributed by atoms with E-state index >= 15 is 0 Å². The molecule has 0 N–H and O–H groups in total. The molecule has 3 heteroatoms. The van der Waals surface area contributed by atoms with Gasteiger partial charge < -0.3 is 0 Å². The fourth-order valence-electron chi connectivity index (χ4n) is 2.63. The van der Waals surface area contributed by atoms with Crippen LogP contribution in [0.2, 0.25) is 5.02 Å². The van der Waals surface area contributed by atoms with Crippen molar-refractivity contribution in [2.75, 3.05) is 0 Å². The van der Waals surface area contributed by atoms with Gasteiger partial charge in [0.1, 0.15) is 5.78 Å². The number of allylic oxidation sites excluding steroid dienone is 1. The second-order valence-corrected chi connectivity index (χ2v) is 6.30. The molecule has 2 atom stereocenters. The van der Waals surface area contributed by atoms with Gasteiger partial charge in [-0.3, -0.25) is 4.79 Å². The van der Waals surface area contributed by atoms with Crippen molar-refractivity contribution in [3.05, 3.63) is 40.9 Å². The van der Waals surface area contributed by atoms with Crippen LogP contribution in [0.4, 0.5) is 0 Å². The van der Waals surface area contributed by atoms with Crippen molar-refractivity contribution in [3.63, 3.8) is 0 Å². The van der Waals surface area contributed by atoms with Crippen molar-refractivity contribution in [1.29, 1.82) is 0 Å². The van der Waals surface area contributed by atoms with Gasteiger partial charge in [0.25, 0.3) is 0 Å². The van der Waals surface area contributed by atoms with Gasteiger partial charge in [-0.25, -0.2) is 0 Å². The average Bonchev–Trinajstić information content (AvgIpc) is 2.81. The van der Waals surface area contributed by atoms with Crippen LogP contribution in [0.3, 0.4) is 0 Å². The second-order valence-electron chi connectivity index (χ2n) is 5.46. The van der Waals surface area contributed by atoms with E-state index < -0.39 is 0 Å². The average molecular weight is 283 g/mol. The topological polar surface area (TPSA) is 17.1 Å². The van der Waals surface area contributed by atoms with Gasteiger partial charge >= 0.3 is 0 Å². The van der Waals surface area contributed by atoms with Gasteiger partial charge in [-0.05, 0) is 36.0 Å². The lowest BCUT2D eigenvalue weighted by molar-refractivity contribution is -0.118. The van der Waals surface area contributed by atoms with Crippen LogP contribution >= 0.6 is 23.2 Å². The zero-order chi connectivity index (χ0) is 13.5. The SMILES string of the molecule is CC(=O)C1C(C=C(Cl)c2ccc(Cl)cc2)C1(C)C. The first kappa shape index (κ1) is 13.6. The van der Waals surface area contributed by atoms with Gasteiger partial charge in [0.15, 0.2) is 0 Å². The molecule has 0 aliphatic heterocycles. The monoisotopic (exact) mass is 282 g/mol. The fourth-order valence-corrected chi connectivity index (χ4v) is 3.02. The van der Waals surface area contributed by atoms with Gasteiger partial charge in [-0.2, -0.15) is 0 Å². The Bertz CT molecular complexity index is 500. The first-order valence-electron chi connectivity index (χ1n) is 5.97. The third-order valence-electron chi connectivity index (χ3n) is 3.79. The molecule has 0 aromatic heterocycles. The van der Waals surface area contributed by atoms with Crippen molar-refractivity contribution < 1.29 is 4.79 Å². The Labute approximate surface area is 118 Å². The Morgan fingerprint density at radius 3 is 2.28 bits per heavy atom. The van der Waals surface area contributed by atoms with Crippen molar-refractivity contribution >= 4 is 34.0 Å². The van der Waals surface area contributed by atoms with Gasteiger partial charge in [0.2, 0.25) is 0 Å². The quantitative estimate of drug-likeness (QED) is 0.780. The highest BCUT2D eigenvalue weighted by atomic mass is 35.5. The van der Waals surface area contributed by atoms with Crippen LogP contribution in [-0.2, 0) is 4.79 Å². The molecule has 0 saturated heterocycles. The van der Waals surface area contributed by atoms with Gasteiger partial charge in [-0.1, -0.05) is 55.3 Å². The summed E-state index contributed by atoms with van der Waals surface area (Å²) in [5, 5.41) is 1.38. The van der Waals surface area contributed by atoms with E-state index in [4.69, 9.17) is 23.2 Å². The molecular weight excluding hydrogens is 267 g/mol. The normalized spacial score (nSPS) is 25.9. The molecule has 1 saturated carbocycles. The van der Waals surface area contributed by atoms with E-state index in [-0.39, 0.29) is 23.0 Å². The van der Waals surface area contributed by atoms with E-state index in [2.05, 4.69) is 13.8 Å². The van der Waals surface area contributed by atoms with Crippen molar-refractivity contribution in [2.45, 2.75) is 20.8 Å². The predicted molar refractivity (Wildman–Crippen MR) is 76.7 cm³/mol. The van der Waals surface area contributed by atoms with E-state index in [9.17, 15) is 4.79 Å². The largest absolute Gasteiger partial charge is 0.300 e. The van der Waals surface area contributed by atoms with Gasteiger partial charge in [0.05, 0.1) is 0 Å². The molecule has 0 bridgehead atoms. The van der Waals surface area contributed by atoms with E-state index in [1.807, 2.05) is 30.3 Å². The maximum Gasteiger partial charge on any atom is 0.134 e. The Kier molecular flexibility index (Phi) is 3.57. The molecule has 0 heterocycles. The van der Waals surface area contributed by atoms with E-state index in [0.29, 0.717) is 10.1 Å². The van der Waals surface area contributed by atoms with Crippen molar-refractivity contribution in [2.24, 2.45) is 17.3 Å². The summed E-state index contributed by atoms with van der Waals surface area (Å²) in [4.78, 5) is 11.5. The summed E-state index contributed by atoms with van der Waals surface area (Å²) in [6.45, 7) is 5.86. The number of rotatable bonds is 3. The van der Waals surface area contributed by atoms with Crippen LogP contribution < -0.4 is 0 Å². The number of carbonyl (C=O) groups excluding carboxylic acids is 1. The maximum atomic E-state index is 11.5. The van der Waals surface area contributed by atoms with E-state index in [0.717, 1.165) is 5.56 Å². The van der Waals surface area contributed by atoms with Crippen LogP contribution in [0, 0.1) is 17.3 Å². The minimum absolute atomic E-state index is 0.0262.